The second-order valence-corrected chi connectivity index (χ2v) is 6.93. The molecule has 1 aromatic rings. The van der Waals surface area contributed by atoms with Crippen molar-refractivity contribution in [1.82, 2.24) is 4.90 Å². The smallest absolute Gasteiger partial charge is 0.148 e. The summed E-state index contributed by atoms with van der Waals surface area (Å²) < 4.78 is 35.5. The maximum Gasteiger partial charge on any atom is 0.148 e. The molecule has 0 saturated heterocycles. The lowest BCUT2D eigenvalue weighted by molar-refractivity contribution is 0.346. The summed E-state index contributed by atoms with van der Waals surface area (Å²) >= 11 is 0. The summed E-state index contributed by atoms with van der Waals surface area (Å²) in [5.74, 6) is 5.27. The van der Waals surface area contributed by atoms with E-state index in [0.717, 1.165) is 5.56 Å². The number of hydrogen-bond acceptors (Lipinski definition) is 4. The summed E-state index contributed by atoms with van der Waals surface area (Å²) in [5, 5.41) is 0. The zero-order valence-electron chi connectivity index (χ0n) is 11.7. The summed E-state index contributed by atoms with van der Waals surface area (Å²) in [6.45, 7) is 1.13. The van der Waals surface area contributed by atoms with E-state index in [2.05, 4.69) is 11.8 Å². The van der Waals surface area contributed by atoms with Crippen molar-refractivity contribution in [2.45, 2.75) is 6.54 Å². The third-order valence-electron chi connectivity index (χ3n) is 2.68. The molecule has 0 heterocycles. The molecule has 1 rings (SSSR count). The first kappa shape index (κ1) is 16.6. The van der Waals surface area contributed by atoms with Crippen molar-refractivity contribution < 1.29 is 12.8 Å². The molecule has 2 N–H and O–H groups in total. The van der Waals surface area contributed by atoms with Gasteiger partial charge in [0.2, 0.25) is 0 Å². The second kappa shape index (κ2) is 7.39. The van der Waals surface area contributed by atoms with Crippen LogP contribution in [0.3, 0.4) is 0 Å². The molecule has 0 atom stereocenters. The van der Waals surface area contributed by atoms with Gasteiger partial charge in [-0.3, -0.25) is 0 Å². The predicted molar refractivity (Wildman–Crippen MR) is 78.4 cm³/mol. The summed E-state index contributed by atoms with van der Waals surface area (Å²) in [7, 11) is -1.17. The van der Waals surface area contributed by atoms with E-state index in [0.29, 0.717) is 18.7 Å². The van der Waals surface area contributed by atoms with Gasteiger partial charge in [-0.1, -0.05) is 17.9 Å². The molecular formula is C14H19FN2O2S. The number of nitrogens with zero attached hydrogens (tertiary/aromatic N) is 1. The highest BCUT2D eigenvalue weighted by molar-refractivity contribution is 7.90. The molecule has 0 aliphatic heterocycles. The van der Waals surface area contributed by atoms with Crippen LogP contribution in [0, 0.1) is 17.7 Å². The largest absolute Gasteiger partial charge is 0.320 e. The minimum Gasteiger partial charge on any atom is -0.320 e. The van der Waals surface area contributed by atoms with Gasteiger partial charge in [0.1, 0.15) is 15.7 Å². The fraction of sp³-hybridized carbons (Fsp3) is 0.429. The Kier molecular flexibility index (Phi) is 6.14. The van der Waals surface area contributed by atoms with E-state index in [1.54, 1.807) is 6.07 Å². The Balaban J connectivity index is 2.81. The monoisotopic (exact) mass is 298 g/mol. The molecule has 1 aromatic carbocycles. The van der Waals surface area contributed by atoms with Crippen molar-refractivity contribution in [3.8, 4) is 11.8 Å². The van der Waals surface area contributed by atoms with Gasteiger partial charge >= 0.3 is 0 Å². The molecule has 0 aliphatic rings. The second-order valence-electron chi connectivity index (χ2n) is 4.68. The third-order valence-corrected chi connectivity index (χ3v) is 3.61. The van der Waals surface area contributed by atoms with Gasteiger partial charge in [-0.15, -0.1) is 0 Å². The van der Waals surface area contributed by atoms with Crippen LogP contribution >= 0.6 is 0 Å². The van der Waals surface area contributed by atoms with Crippen LogP contribution in [0.1, 0.15) is 11.1 Å². The quantitative estimate of drug-likeness (QED) is 0.809. The number of sulfone groups is 1. The van der Waals surface area contributed by atoms with E-state index in [9.17, 15) is 12.8 Å². The van der Waals surface area contributed by atoms with E-state index >= 15 is 0 Å². The summed E-state index contributed by atoms with van der Waals surface area (Å²) in [5.41, 5.74) is 6.75. The highest BCUT2D eigenvalue weighted by Gasteiger charge is 2.09. The van der Waals surface area contributed by atoms with E-state index in [-0.39, 0.29) is 18.1 Å². The van der Waals surface area contributed by atoms with Crippen LogP contribution in [0.2, 0.25) is 0 Å². The number of nitrogens with two attached hydrogens (primary N) is 1. The van der Waals surface area contributed by atoms with Gasteiger partial charge in [0.05, 0.1) is 12.3 Å². The summed E-state index contributed by atoms with van der Waals surface area (Å²) in [4.78, 5) is 1.86. The Morgan fingerprint density at radius 3 is 2.70 bits per heavy atom. The molecule has 0 aliphatic carbocycles. The number of rotatable bonds is 5. The summed E-state index contributed by atoms with van der Waals surface area (Å²) in [6.07, 6.45) is 1.21. The Labute approximate surface area is 119 Å². The van der Waals surface area contributed by atoms with E-state index in [4.69, 9.17) is 5.73 Å². The van der Waals surface area contributed by atoms with E-state index < -0.39 is 9.84 Å². The van der Waals surface area contributed by atoms with Crippen molar-refractivity contribution in [3.05, 3.63) is 35.1 Å². The molecule has 4 nitrogen and oxygen atoms in total. The highest BCUT2D eigenvalue weighted by Crippen LogP contribution is 2.12. The molecule has 0 radical (unpaired) electrons. The SMILES string of the molecule is CN(CCS(C)(=O)=O)Cc1ccc(F)cc1C#CCN. The first-order chi connectivity index (χ1) is 9.31. The first-order valence-electron chi connectivity index (χ1n) is 6.15. The maximum atomic E-state index is 13.2. The number of halogens is 1. The summed E-state index contributed by atoms with van der Waals surface area (Å²) in [6, 6.07) is 4.39. The predicted octanol–water partition coefficient (Wildman–Crippen LogP) is 0.612. The average Bonchev–Trinajstić information content (AvgIpc) is 2.36. The van der Waals surface area contributed by atoms with Gasteiger partial charge in [0, 0.05) is 24.9 Å². The van der Waals surface area contributed by atoms with Crippen molar-refractivity contribution in [1.29, 1.82) is 0 Å². The molecule has 110 valence electrons. The van der Waals surface area contributed by atoms with Crippen LogP contribution in [0.5, 0.6) is 0 Å². The lowest BCUT2D eigenvalue weighted by atomic mass is 10.1. The molecule has 0 unspecified atom stereocenters. The molecular weight excluding hydrogens is 279 g/mol. The van der Waals surface area contributed by atoms with Gasteiger partial charge in [0.15, 0.2) is 0 Å². The Hall–Kier alpha value is -1.42. The zero-order valence-corrected chi connectivity index (χ0v) is 12.5. The topological polar surface area (TPSA) is 63.4 Å². The minimum absolute atomic E-state index is 0.0918. The fourth-order valence-corrected chi connectivity index (χ4v) is 2.28. The molecule has 6 heteroatoms. The Bertz CT molecular complexity index is 618. The van der Waals surface area contributed by atoms with Gasteiger partial charge in [-0.25, -0.2) is 12.8 Å². The van der Waals surface area contributed by atoms with Crippen molar-refractivity contribution in [2.24, 2.45) is 5.73 Å². The van der Waals surface area contributed by atoms with Crippen LogP contribution in [0.15, 0.2) is 18.2 Å². The maximum absolute atomic E-state index is 13.2. The third kappa shape index (κ3) is 6.15. The molecule has 0 spiro atoms. The highest BCUT2D eigenvalue weighted by atomic mass is 32.2. The van der Waals surface area contributed by atoms with E-state index in [1.165, 1.54) is 18.4 Å². The van der Waals surface area contributed by atoms with Crippen LogP contribution in [0.25, 0.3) is 0 Å². The molecule has 0 aromatic heterocycles. The Morgan fingerprint density at radius 2 is 2.10 bits per heavy atom. The Morgan fingerprint density at radius 1 is 1.40 bits per heavy atom. The normalized spacial score (nSPS) is 11.2. The van der Waals surface area contributed by atoms with Crippen LogP contribution in [-0.4, -0.2) is 45.5 Å². The number of hydrogen-bond donors (Lipinski definition) is 1. The fourth-order valence-electron chi connectivity index (χ4n) is 1.64. The first-order valence-corrected chi connectivity index (χ1v) is 8.21. The zero-order chi connectivity index (χ0) is 15.2. The lowest BCUT2D eigenvalue weighted by Crippen LogP contribution is -2.25. The lowest BCUT2D eigenvalue weighted by Gasteiger charge is -2.17. The van der Waals surface area contributed by atoms with Crippen molar-refractivity contribution in [2.75, 3.05) is 32.1 Å². The molecule has 0 fully saturated rings. The molecule has 0 amide bonds. The number of benzene rings is 1. The molecule has 0 saturated carbocycles. The molecule has 20 heavy (non-hydrogen) atoms. The van der Waals surface area contributed by atoms with Gasteiger partial charge in [-0.05, 0) is 24.7 Å². The van der Waals surface area contributed by atoms with Gasteiger partial charge < -0.3 is 10.6 Å². The average molecular weight is 298 g/mol. The standard InChI is InChI=1S/C14H19FN2O2S/c1-17(8-9-20(2,18)19)11-13-5-6-14(15)10-12(13)4-3-7-16/h5-6,10H,7-9,11,16H2,1-2H3. The molecule has 0 bridgehead atoms. The van der Waals surface area contributed by atoms with Crippen LogP contribution < -0.4 is 5.73 Å². The van der Waals surface area contributed by atoms with Crippen LogP contribution in [0.4, 0.5) is 4.39 Å². The van der Waals surface area contributed by atoms with Crippen molar-refractivity contribution >= 4 is 9.84 Å². The van der Waals surface area contributed by atoms with E-state index in [1.807, 2.05) is 11.9 Å². The minimum atomic E-state index is -2.99. The van der Waals surface area contributed by atoms with Crippen LogP contribution in [-0.2, 0) is 16.4 Å². The van der Waals surface area contributed by atoms with Gasteiger partial charge in [-0.2, -0.15) is 0 Å². The van der Waals surface area contributed by atoms with Gasteiger partial charge in [0.25, 0.3) is 0 Å². The van der Waals surface area contributed by atoms with Crippen molar-refractivity contribution in [3.63, 3.8) is 0 Å².